The molecule has 2 heterocycles. The molecule has 48 heavy (non-hydrogen) atoms. The topological polar surface area (TPSA) is 44.5 Å². The van der Waals surface area contributed by atoms with Crippen molar-refractivity contribution < 1.29 is 26.2 Å². The number of aromatic nitrogens is 2. The van der Waals surface area contributed by atoms with Gasteiger partial charge < -0.3 is 19.5 Å². The van der Waals surface area contributed by atoms with Gasteiger partial charge in [-0.2, -0.15) is 0 Å². The number of benzene rings is 5. The van der Waals surface area contributed by atoms with Crippen molar-refractivity contribution in [2.45, 2.75) is 39.5 Å². The number of para-hydroxylation sites is 2. The van der Waals surface area contributed by atoms with Gasteiger partial charge in [0.05, 0.1) is 11.3 Å². The summed E-state index contributed by atoms with van der Waals surface area (Å²) in [5, 5.41) is 11.1. The number of phenols is 1. The summed E-state index contributed by atoms with van der Waals surface area (Å²) in [5.74, 6) is 1.37. The van der Waals surface area contributed by atoms with Gasteiger partial charge in [-0.15, -0.1) is 36.5 Å². The second kappa shape index (κ2) is 14.1. The maximum Gasteiger partial charge on any atom is 2.00 e. The van der Waals surface area contributed by atoms with Crippen molar-refractivity contribution in [1.29, 1.82) is 0 Å². The Hall–Kier alpha value is -4.86. The third-order valence-electron chi connectivity index (χ3n) is 8.64. The van der Waals surface area contributed by atoms with Gasteiger partial charge in [-0.05, 0) is 89.1 Å². The van der Waals surface area contributed by atoms with Crippen molar-refractivity contribution in [2.75, 3.05) is 9.80 Å². The van der Waals surface area contributed by atoms with E-state index < -0.39 is 0 Å². The number of imidazole rings is 1. The van der Waals surface area contributed by atoms with Crippen LogP contribution in [0, 0.1) is 12.7 Å². The summed E-state index contributed by atoms with van der Waals surface area (Å²) in [4.78, 5) is 9.37. The molecule has 0 radical (unpaired) electrons. The normalized spacial score (nSPS) is 12.6. The maximum absolute atomic E-state index is 11.1. The van der Waals surface area contributed by atoms with Crippen LogP contribution in [-0.4, -0.2) is 14.7 Å². The molecular formula is C42H38N4OPt. The van der Waals surface area contributed by atoms with Crippen LogP contribution in [-0.2, 0) is 21.1 Å². The zero-order valence-corrected chi connectivity index (χ0v) is 29.8. The molecule has 0 atom stereocenters. The van der Waals surface area contributed by atoms with E-state index >= 15 is 0 Å². The second-order valence-electron chi connectivity index (χ2n) is 12.5. The van der Waals surface area contributed by atoms with Crippen LogP contribution in [0.1, 0.15) is 50.7 Å². The van der Waals surface area contributed by atoms with Gasteiger partial charge in [-0.3, -0.25) is 4.98 Å². The number of anilines is 2. The quantitative estimate of drug-likeness (QED) is 0.156. The van der Waals surface area contributed by atoms with Crippen LogP contribution < -0.4 is 9.80 Å². The molecular weight excluding hydrogens is 772 g/mol. The van der Waals surface area contributed by atoms with Crippen molar-refractivity contribution in [2.24, 2.45) is 0 Å². The number of aromatic hydroxyl groups is 1. The summed E-state index contributed by atoms with van der Waals surface area (Å²) < 4.78 is 2.18. The number of rotatable bonds is 8. The largest absolute Gasteiger partial charge is 2.00 e. The van der Waals surface area contributed by atoms with Crippen molar-refractivity contribution in [3.05, 3.63) is 158 Å². The SMILES string of the molecule is CC(C)c1cc(-c2ccccc2)cc(C(C)C)c1-n1cc(-c2[c-]c(N3C=CN(c4ccccc4)[CH-]3)ccc2)nc1-c1ccccc1O.[Pt+2]. The van der Waals surface area contributed by atoms with Crippen LogP contribution in [0.5, 0.6) is 5.75 Å². The van der Waals surface area contributed by atoms with Gasteiger partial charge in [0.1, 0.15) is 11.6 Å². The molecule has 5 aromatic carbocycles. The average molecular weight is 810 g/mol. The molecule has 6 heteroatoms. The van der Waals surface area contributed by atoms with Crippen LogP contribution in [0.4, 0.5) is 11.4 Å². The van der Waals surface area contributed by atoms with Crippen LogP contribution in [0.25, 0.3) is 39.5 Å². The fourth-order valence-corrected chi connectivity index (χ4v) is 6.18. The van der Waals surface area contributed by atoms with Crippen molar-refractivity contribution in [3.8, 4) is 45.2 Å². The molecule has 7 rings (SSSR count). The molecule has 0 unspecified atom stereocenters. The minimum Gasteiger partial charge on any atom is -0.507 e. The molecule has 1 aliphatic rings. The molecule has 0 bridgehead atoms. The van der Waals surface area contributed by atoms with Gasteiger partial charge in [-0.1, -0.05) is 94.0 Å². The minimum atomic E-state index is 0. The van der Waals surface area contributed by atoms with Gasteiger partial charge in [-0.25, -0.2) is 0 Å². The molecule has 0 spiro atoms. The molecule has 0 aliphatic carbocycles. The third-order valence-corrected chi connectivity index (χ3v) is 8.64. The summed E-state index contributed by atoms with van der Waals surface area (Å²) in [5.41, 5.74) is 10.3. The summed E-state index contributed by atoms with van der Waals surface area (Å²) in [6.45, 7) is 11.0. The molecule has 242 valence electrons. The minimum absolute atomic E-state index is 0. The first-order valence-electron chi connectivity index (χ1n) is 16.2. The van der Waals surface area contributed by atoms with Crippen molar-refractivity contribution >= 4 is 11.4 Å². The number of hydrogen-bond donors (Lipinski definition) is 1. The van der Waals surface area contributed by atoms with E-state index in [0.29, 0.717) is 11.4 Å². The molecule has 0 saturated heterocycles. The Morgan fingerprint density at radius 3 is 1.98 bits per heavy atom. The van der Waals surface area contributed by atoms with Gasteiger partial charge in [0.15, 0.2) is 0 Å². The van der Waals surface area contributed by atoms with E-state index in [4.69, 9.17) is 4.98 Å². The Morgan fingerprint density at radius 2 is 1.31 bits per heavy atom. The fourth-order valence-electron chi connectivity index (χ4n) is 6.18. The van der Waals surface area contributed by atoms with Gasteiger partial charge >= 0.3 is 21.1 Å². The third kappa shape index (κ3) is 6.48. The van der Waals surface area contributed by atoms with E-state index in [2.05, 4.69) is 122 Å². The Kier molecular flexibility index (Phi) is 9.70. The van der Waals surface area contributed by atoms with E-state index in [1.165, 1.54) is 22.3 Å². The van der Waals surface area contributed by atoms with Gasteiger partial charge in [0, 0.05) is 11.4 Å². The van der Waals surface area contributed by atoms with Crippen LogP contribution in [0.2, 0.25) is 0 Å². The molecule has 0 fully saturated rings. The summed E-state index contributed by atoms with van der Waals surface area (Å²) >= 11 is 0. The summed E-state index contributed by atoms with van der Waals surface area (Å²) in [6.07, 6.45) is 6.18. The molecule has 0 amide bonds. The maximum atomic E-state index is 11.1. The second-order valence-corrected chi connectivity index (χ2v) is 12.5. The van der Waals surface area contributed by atoms with Crippen LogP contribution in [0.15, 0.2) is 134 Å². The fraction of sp³-hybridized carbons (Fsp3) is 0.143. The molecule has 0 saturated carbocycles. The molecule has 1 aliphatic heterocycles. The Labute approximate surface area is 298 Å². The Morgan fingerprint density at radius 1 is 0.688 bits per heavy atom. The number of nitrogens with zero attached hydrogens (tertiary/aromatic N) is 4. The zero-order chi connectivity index (χ0) is 32.5. The van der Waals surface area contributed by atoms with Crippen LogP contribution in [0.3, 0.4) is 0 Å². The van der Waals surface area contributed by atoms with E-state index in [-0.39, 0.29) is 38.7 Å². The zero-order valence-electron chi connectivity index (χ0n) is 27.5. The van der Waals surface area contributed by atoms with Crippen molar-refractivity contribution in [1.82, 2.24) is 9.55 Å². The first-order valence-corrected chi connectivity index (χ1v) is 16.2. The molecule has 1 aromatic heterocycles. The van der Waals surface area contributed by atoms with E-state index in [0.717, 1.165) is 28.3 Å². The monoisotopic (exact) mass is 809 g/mol. The van der Waals surface area contributed by atoms with Gasteiger partial charge in [0.25, 0.3) is 0 Å². The smallest absolute Gasteiger partial charge is 0.507 e. The average Bonchev–Trinajstić information content (AvgIpc) is 3.78. The summed E-state index contributed by atoms with van der Waals surface area (Å²) in [6, 6.07) is 42.7. The van der Waals surface area contributed by atoms with Crippen molar-refractivity contribution in [3.63, 3.8) is 0 Å². The molecule has 1 N–H and O–H groups in total. The first-order chi connectivity index (χ1) is 22.9. The van der Waals surface area contributed by atoms with Gasteiger partial charge in [0.2, 0.25) is 0 Å². The van der Waals surface area contributed by atoms with E-state index in [9.17, 15) is 5.11 Å². The van der Waals surface area contributed by atoms with Crippen LogP contribution >= 0.6 is 0 Å². The standard InChI is InChI=1S/C42H38N4O.Pt/c1-29(2)37-25-33(31-14-7-5-8-15-31)26-38(30(3)4)41(37)46-27-39(43-42(46)36-20-11-12-21-40(36)47)32-16-13-19-35(24-32)45-23-22-44(28-45)34-17-9-6-10-18-34;/h5-23,25-30,47H,1-4H3;/q-2;+2. The predicted molar refractivity (Wildman–Crippen MR) is 193 cm³/mol. The number of hydrogen-bond acceptors (Lipinski definition) is 4. The Bertz CT molecular complexity index is 2020. The molecule has 5 nitrogen and oxygen atoms in total. The molecule has 6 aromatic rings. The first kappa shape index (κ1) is 33.1. The van der Waals surface area contributed by atoms with E-state index in [1.807, 2.05) is 60.9 Å². The summed E-state index contributed by atoms with van der Waals surface area (Å²) in [7, 11) is 0. The van der Waals surface area contributed by atoms with E-state index in [1.54, 1.807) is 6.07 Å². The predicted octanol–water partition coefficient (Wildman–Crippen LogP) is 10.5. The Balaban J connectivity index is 0.00000401. The number of phenolic OH excluding ortho intramolecular Hbond substituents is 1.